The molecule has 0 radical (unpaired) electrons. The first-order valence-corrected chi connectivity index (χ1v) is 10.0. The normalized spacial score (nSPS) is 28.2. The summed E-state index contributed by atoms with van der Waals surface area (Å²) in [6, 6.07) is 0. The maximum atomic E-state index is 12.3. The number of sulfone groups is 1. The molecule has 0 aromatic heterocycles. The van der Waals surface area contributed by atoms with E-state index in [9.17, 15) is 16.8 Å². The van der Waals surface area contributed by atoms with Crippen LogP contribution in [-0.4, -0.2) is 76.0 Å². The molecule has 0 aromatic rings. The van der Waals surface area contributed by atoms with E-state index in [1.807, 2.05) is 0 Å². The molecule has 2 aliphatic rings. The molecule has 8 heteroatoms. The summed E-state index contributed by atoms with van der Waals surface area (Å²) in [5.41, 5.74) is 0. The summed E-state index contributed by atoms with van der Waals surface area (Å²) in [7, 11) is -5.08. The zero-order valence-corrected chi connectivity index (χ0v) is 12.9. The van der Waals surface area contributed by atoms with Gasteiger partial charge in [-0.15, -0.1) is 0 Å². The fraction of sp³-hybridized carbons (Fsp3) is 1.00. The molecule has 19 heavy (non-hydrogen) atoms. The van der Waals surface area contributed by atoms with Crippen LogP contribution in [0.5, 0.6) is 0 Å². The fourth-order valence-corrected chi connectivity index (χ4v) is 6.93. The lowest BCUT2D eigenvalue weighted by molar-refractivity contribution is 0.309. The molecule has 0 aromatic carbocycles. The van der Waals surface area contributed by atoms with Gasteiger partial charge in [0.2, 0.25) is 10.0 Å². The van der Waals surface area contributed by atoms with Gasteiger partial charge in [-0.3, -0.25) is 0 Å². The van der Waals surface area contributed by atoms with Crippen molar-refractivity contribution in [3.63, 3.8) is 0 Å². The van der Waals surface area contributed by atoms with Crippen molar-refractivity contribution in [2.24, 2.45) is 0 Å². The summed E-state index contributed by atoms with van der Waals surface area (Å²) in [5.74, 6) is -0.222. The highest BCUT2D eigenvalue weighted by molar-refractivity contribution is 7.95. The number of hydrogen-bond donors (Lipinski definition) is 0. The van der Waals surface area contributed by atoms with Crippen LogP contribution >= 0.6 is 0 Å². The number of rotatable bonds is 5. The Morgan fingerprint density at radius 2 is 1.89 bits per heavy atom. The van der Waals surface area contributed by atoms with Crippen molar-refractivity contribution in [3.8, 4) is 0 Å². The minimum atomic E-state index is -3.47. The highest BCUT2D eigenvalue weighted by Crippen LogP contribution is 2.21. The first-order chi connectivity index (χ1) is 8.81. The summed E-state index contributed by atoms with van der Waals surface area (Å²) in [4.78, 5) is 2.25. The molecule has 1 unspecified atom stereocenters. The van der Waals surface area contributed by atoms with Gasteiger partial charge < -0.3 is 4.90 Å². The van der Waals surface area contributed by atoms with Crippen LogP contribution in [0.1, 0.15) is 19.3 Å². The monoisotopic (exact) mass is 310 g/mol. The van der Waals surface area contributed by atoms with Crippen molar-refractivity contribution < 1.29 is 16.8 Å². The largest absolute Gasteiger partial charge is 0.302 e. The van der Waals surface area contributed by atoms with Crippen molar-refractivity contribution in [2.45, 2.75) is 24.5 Å². The van der Waals surface area contributed by atoms with Crippen molar-refractivity contribution in [3.05, 3.63) is 0 Å². The number of nitrogens with zero attached hydrogens (tertiary/aromatic N) is 2. The molecule has 1 atom stereocenters. The maximum absolute atomic E-state index is 12.3. The van der Waals surface area contributed by atoms with Crippen LogP contribution in [0.2, 0.25) is 0 Å². The second kappa shape index (κ2) is 5.67. The van der Waals surface area contributed by atoms with Gasteiger partial charge in [-0.25, -0.2) is 21.1 Å². The number of sulfonamides is 1. The zero-order valence-electron chi connectivity index (χ0n) is 11.3. The first kappa shape index (κ1) is 15.2. The van der Waals surface area contributed by atoms with E-state index >= 15 is 0 Å². The predicted octanol–water partition coefficient (Wildman–Crippen LogP) is -0.469. The summed E-state index contributed by atoms with van der Waals surface area (Å²) in [6.07, 6.45) is 2.59. The lowest BCUT2D eigenvalue weighted by Crippen LogP contribution is -2.40. The van der Waals surface area contributed by atoms with Crippen LogP contribution < -0.4 is 0 Å². The zero-order chi connectivity index (χ0) is 14.1. The molecule has 2 rings (SSSR count). The van der Waals surface area contributed by atoms with E-state index in [4.69, 9.17) is 0 Å². The van der Waals surface area contributed by atoms with Gasteiger partial charge in [0.15, 0.2) is 9.84 Å². The van der Waals surface area contributed by atoms with Crippen LogP contribution in [0, 0.1) is 0 Å². The summed E-state index contributed by atoms with van der Waals surface area (Å²) in [6.45, 7) is 3.24. The SMILES string of the molecule is CN(CCN1CCCC1)S(=O)(=O)C1CCS(=O)(=O)C1. The van der Waals surface area contributed by atoms with Crippen LogP contribution in [0.25, 0.3) is 0 Å². The average molecular weight is 310 g/mol. The van der Waals surface area contributed by atoms with Gasteiger partial charge in [0.1, 0.15) is 0 Å². The van der Waals surface area contributed by atoms with Crippen LogP contribution in [0.15, 0.2) is 0 Å². The van der Waals surface area contributed by atoms with Gasteiger partial charge in [-0.05, 0) is 32.4 Å². The Balaban J connectivity index is 1.91. The third-order valence-electron chi connectivity index (χ3n) is 3.98. The van der Waals surface area contributed by atoms with E-state index in [0.717, 1.165) is 19.6 Å². The van der Waals surface area contributed by atoms with Gasteiger partial charge in [-0.2, -0.15) is 0 Å². The van der Waals surface area contributed by atoms with Crippen LogP contribution in [0.3, 0.4) is 0 Å². The van der Waals surface area contributed by atoms with Crippen molar-refractivity contribution in [2.75, 3.05) is 44.7 Å². The Hall–Kier alpha value is -0.180. The second-order valence-corrected chi connectivity index (χ2v) is 9.99. The molecule has 6 nitrogen and oxygen atoms in total. The molecule has 0 N–H and O–H groups in total. The smallest absolute Gasteiger partial charge is 0.217 e. The number of hydrogen-bond acceptors (Lipinski definition) is 5. The number of likely N-dealkylation sites (N-methyl/N-ethyl adjacent to an activating group) is 1. The molecule has 2 saturated heterocycles. The molecule has 2 aliphatic heterocycles. The standard InChI is InChI=1S/C11H22N2O4S2/c1-12(7-8-13-5-2-3-6-13)19(16,17)11-4-9-18(14,15)10-11/h11H,2-10H2,1H3. The van der Waals surface area contributed by atoms with Crippen molar-refractivity contribution in [1.29, 1.82) is 0 Å². The summed E-state index contributed by atoms with van der Waals surface area (Å²) < 4.78 is 48.6. The van der Waals surface area contributed by atoms with E-state index in [1.54, 1.807) is 7.05 Å². The minimum absolute atomic E-state index is 0.00311. The third-order valence-corrected chi connectivity index (χ3v) is 8.25. The van der Waals surface area contributed by atoms with Gasteiger partial charge >= 0.3 is 0 Å². The summed E-state index contributed by atoms with van der Waals surface area (Å²) in [5, 5.41) is -0.749. The molecule has 0 saturated carbocycles. The Labute approximate surface area is 115 Å². The second-order valence-electron chi connectivity index (χ2n) is 5.44. The Morgan fingerprint density at radius 3 is 2.42 bits per heavy atom. The van der Waals surface area contributed by atoms with E-state index in [2.05, 4.69) is 4.90 Å². The van der Waals surface area contributed by atoms with E-state index in [-0.39, 0.29) is 17.9 Å². The average Bonchev–Trinajstić information content (AvgIpc) is 2.95. The van der Waals surface area contributed by atoms with E-state index in [1.165, 1.54) is 17.1 Å². The highest BCUT2D eigenvalue weighted by atomic mass is 32.2. The molecule has 0 spiro atoms. The Bertz CT molecular complexity index is 509. The Kier molecular flexibility index (Phi) is 4.54. The van der Waals surface area contributed by atoms with Crippen molar-refractivity contribution in [1.82, 2.24) is 9.21 Å². The molecule has 0 amide bonds. The van der Waals surface area contributed by atoms with Gasteiger partial charge in [0.05, 0.1) is 16.8 Å². The molecular formula is C11H22N2O4S2. The van der Waals surface area contributed by atoms with E-state index < -0.39 is 25.1 Å². The lowest BCUT2D eigenvalue weighted by atomic mass is 10.4. The first-order valence-electron chi connectivity index (χ1n) is 6.69. The summed E-state index contributed by atoms with van der Waals surface area (Å²) >= 11 is 0. The molecule has 112 valence electrons. The highest BCUT2D eigenvalue weighted by Gasteiger charge is 2.39. The molecule has 2 fully saturated rings. The number of likely N-dealkylation sites (tertiary alicyclic amines) is 1. The van der Waals surface area contributed by atoms with Crippen molar-refractivity contribution >= 4 is 19.9 Å². The molecule has 2 heterocycles. The fourth-order valence-electron chi connectivity index (χ4n) is 2.67. The van der Waals surface area contributed by atoms with Gasteiger partial charge in [0, 0.05) is 20.1 Å². The minimum Gasteiger partial charge on any atom is -0.302 e. The lowest BCUT2D eigenvalue weighted by Gasteiger charge is -2.23. The topological polar surface area (TPSA) is 74.8 Å². The molecule has 0 aliphatic carbocycles. The van der Waals surface area contributed by atoms with Crippen LogP contribution in [0.4, 0.5) is 0 Å². The van der Waals surface area contributed by atoms with Crippen LogP contribution in [-0.2, 0) is 19.9 Å². The quantitative estimate of drug-likeness (QED) is 0.686. The third kappa shape index (κ3) is 3.68. The molecule has 0 bridgehead atoms. The van der Waals surface area contributed by atoms with Gasteiger partial charge in [-0.1, -0.05) is 0 Å². The molecular weight excluding hydrogens is 288 g/mol. The Morgan fingerprint density at radius 1 is 1.26 bits per heavy atom. The van der Waals surface area contributed by atoms with E-state index in [0.29, 0.717) is 6.54 Å². The van der Waals surface area contributed by atoms with Gasteiger partial charge in [0.25, 0.3) is 0 Å². The maximum Gasteiger partial charge on any atom is 0.217 e. The predicted molar refractivity (Wildman–Crippen MR) is 74.3 cm³/mol.